The van der Waals surface area contributed by atoms with Crippen molar-refractivity contribution in [1.82, 2.24) is 0 Å². The van der Waals surface area contributed by atoms with E-state index in [-0.39, 0.29) is 5.02 Å². The molecule has 2 nitrogen and oxygen atoms in total. The second-order valence-electron chi connectivity index (χ2n) is 4.22. The van der Waals surface area contributed by atoms with Crippen molar-refractivity contribution in [3.63, 3.8) is 0 Å². The van der Waals surface area contributed by atoms with Crippen LogP contribution in [0.4, 0.5) is 15.8 Å². The zero-order valence-corrected chi connectivity index (χ0v) is 10.7. The fraction of sp³-hybridized carbons (Fsp3) is 0.500. The van der Waals surface area contributed by atoms with Gasteiger partial charge >= 0.3 is 0 Å². The van der Waals surface area contributed by atoms with Crippen molar-refractivity contribution in [2.45, 2.75) is 20.3 Å². The van der Waals surface area contributed by atoms with Crippen LogP contribution in [0.15, 0.2) is 12.1 Å². The van der Waals surface area contributed by atoms with E-state index in [9.17, 15) is 4.39 Å². The van der Waals surface area contributed by atoms with E-state index < -0.39 is 5.82 Å². The number of nitrogens with zero attached hydrogens (tertiary/aromatic N) is 1. The Bertz CT molecular complexity index is 368. The Morgan fingerprint density at radius 1 is 1.50 bits per heavy atom. The van der Waals surface area contributed by atoms with Crippen LogP contribution >= 0.6 is 11.6 Å². The van der Waals surface area contributed by atoms with E-state index in [4.69, 9.17) is 17.3 Å². The standard InChI is InChI=1S/C12H18ClFN2/c1-4-8(2)7-16(3)12-5-9(13)10(14)6-11(12)15/h5-6,8H,4,7,15H2,1-3H3. The van der Waals surface area contributed by atoms with Crippen molar-refractivity contribution < 1.29 is 4.39 Å². The lowest BCUT2D eigenvalue weighted by molar-refractivity contribution is 0.560. The van der Waals surface area contributed by atoms with Gasteiger partial charge in [-0.15, -0.1) is 0 Å². The lowest BCUT2D eigenvalue weighted by Gasteiger charge is -2.24. The molecule has 0 saturated heterocycles. The molecule has 1 aromatic rings. The fourth-order valence-corrected chi connectivity index (χ4v) is 1.74. The highest BCUT2D eigenvalue weighted by Gasteiger charge is 2.11. The molecular formula is C12H18ClFN2. The van der Waals surface area contributed by atoms with Gasteiger partial charge in [0.15, 0.2) is 0 Å². The molecule has 0 saturated carbocycles. The monoisotopic (exact) mass is 244 g/mol. The van der Waals surface area contributed by atoms with Crippen molar-refractivity contribution in [3.05, 3.63) is 23.0 Å². The normalized spacial score (nSPS) is 12.6. The van der Waals surface area contributed by atoms with E-state index in [2.05, 4.69) is 13.8 Å². The van der Waals surface area contributed by atoms with E-state index in [0.717, 1.165) is 18.7 Å². The molecular weight excluding hydrogens is 227 g/mol. The molecule has 0 bridgehead atoms. The van der Waals surface area contributed by atoms with Crippen molar-refractivity contribution in [3.8, 4) is 0 Å². The summed E-state index contributed by atoms with van der Waals surface area (Å²) >= 11 is 5.74. The van der Waals surface area contributed by atoms with Gasteiger partial charge in [-0.25, -0.2) is 4.39 Å². The van der Waals surface area contributed by atoms with E-state index in [1.807, 2.05) is 11.9 Å². The summed E-state index contributed by atoms with van der Waals surface area (Å²) in [4.78, 5) is 2.01. The Morgan fingerprint density at radius 3 is 2.69 bits per heavy atom. The van der Waals surface area contributed by atoms with E-state index in [1.54, 1.807) is 6.07 Å². The lowest BCUT2D eigenvalue weighted by Crippen LogP contribution is -2.24. The van der Waals surface area contributed by atoms with Gasteiger partial charge in [0.25, 0.3) is 0 Å². The third-order valence-electron chi connectivity index (χ3n) is 2.76. The minimum absolute atomic E-state index is 0.111. The van der Waals surface area contributed by atoms with Gasteiger partial charge in [0.05, 0.1) is 16.4 Å². The first-order valence-electron chi connectivity index (χ1n) is 5.41. The number of anilines is 2. The zero-order chi connectivity index (χ0) is 12.3. The fourth-order valence-electron chi connectivity index (χ4n) is 1.58. The van der Waals surface area contributed by atoms with Crippen LogP contribution in [0.1, 0.15) is 20.3 Å². The largest absolute Gasteiger partial charge is 0.397 e. The summed E-state index contributed by atoms with van der Waals surface area (Å²) in [7, 11) is 1.94. The van der Waals surface area contributed by atoms with Gasteiger partial charge in [-0.2, -0.15) is 0 Å². The number of rotatable bonds is 4. The molecule has 0 amide bonds. The summed E-state index contributed by atoms with van der Waals surface area (Å²) in [6.07, 6.45) is 1.10. The second-order valence-corrected chi connectivity index (χ2v) is 4.63. The summed E-state index contributed by atoms with van der Waals surface area (Å²) in [5.74, 6) is 0.0908. The van der Waals surface area contributed by atoms with Gasteiger partial charge in [-0.3, -0.25) is 0 Å². The highest BCUT2D eigenvalue weighted by Crippen LogP contribution is 2.29. The van der Waals surface area contributed by atoms with Gasteiger partial charge < -0.3 is 10.6 Å². The molecule has 0 aliphatic heterocycles. The SMILES string of the molecule is CCC(C)CN(C)c1cc(Cl)c(F)cc1N. The lowest BCUT2D eigenvalue weighted by atomic mass is 10.1. The van der Waals surface area contributed by atoms with Crippen LogP contribution in [0.5, 0.6) is 0 Å². The highest BCUT2D eigenvalue weighted by atomic mass is 35.5. The highest BCUT2D eigenvalue weighted by molar-refractivity contribution is 6.31. The molecule has 1 atom stereocenters. The molecule has 1 rings (SSSR count). The summed E-state index contributed by atoms with van der Waals surface area (Å²) in [5, 5.41) is 0.111. The molecule has 1 unspecified atom stereocenters. The summed E-state index contributed by atoms with van der Waals surface area (Å²) < 4.78 is 13.1. The predicted molar refractivity (Wildman–Crippen MR) is 68.5 cm³/mol. The van der Waals surface area contributed by atoms with Gasteiger partial charge in [0.1, 0.15) is 5.82 Å². The first-order valence-corrected chi connectivity index (χ1v) is 5.79. The van der Waals surface area contributed by atoms with E-state index >= 15 is 0 Å². The maximum absolute atomic E-state index is 13.1. The Kier molecular flexibility index (Phi) is 4.42. The van der Waals surface area contributed by atoms with Crippen LogP contribution in [-0.4, -0.2) is 13.6 Å². The Morgan fingerprint density at radius 2 is 2.12 bits per heavy atom. The van der Waals surface area contributed by atoms with Crippen LogP contribution in [0.3, 0.4) is 0 Å². The molecule has 0 aliphatic carbocycles. The van der Waals surface area contributed by atoms with Gasteiger partial charge in [0, 0.05) is 19.7 Å². The number of nitrogens with two attached hydrogens (primary N) is 1. The van der Waals surface area contributed by atoms with Crippen molar-refractivity contribution >= 4 is 23.0 Å². The molecule has 0 spiro atoms. The van der Waals surface area contributed by atoms with Crippen LogP contribution in [0.2, 0.25) is 5.02 Å². The van der Waals surface area contributed by atoms with E-state index in [0.29, 0.717) is 11.6 Å². The first kappa shape index (κ1) is 13.1. The number of hydrogen-bond acceptors (Lipinski definition) is 2. The van der Waals surface area contributed by atoms with Crippen LogP contribution in [-0.2, 0) is 0 Å². The molecule has 1 aromatic carbocycles. The smallest absolute Gasteiger partial charge is 0.143 e. The van der Waals surface area contributed by atoms with Crippen LogP contribution in [0, 0.1) is 11.7 Å². The van der Waals surface area contributed by atoms with Gasteiger partial charge in [0.2, 0.25) is 0 Å². The number of halogens is 2. The second kappa shape index (κ2) is 5.39. The topological polar surface area (TPSA) is 29.3 Å². The summed E-state index contributed by atoms with van der Waals surface area (Å²) in [6.45, 7) is 5.18. The average molecular weight is 245 g/mol. The Balaban J connectivity index is 2.91. The zero-order valence-electron chi connectivity index (χ0n) is 9.93. The number of nitrogen functional groups attached to an aromatic ring is 1. The summed E-state index contributed by atoms with van der Waals surface area (Å²) in [6, 6.07) is 2.85. The molecule has 0 aliphatic rings. The molecule has 0 aromatic heterocycles. The first-order chi connectivity index (χ1) is 7.45. The van der Waals surface area contributed by atoms with Crippen molar-refractivity contribution in [2.24, 2.45) is 5.92 Å². The quantitative estimate of drug-likeness (QED) is 0.821. The van der Waals surface area contributed by atoms with Gasteiger partial charge in [-0.1, -0.05) is 31.9 Å². The average Bonchev–Trinajstić information content (AvgIpc) is 2.23. The number of benzene rings is 1. The third-order valence-corrected chi connectivity index (χ3v) is 3.05. The molecule has 90 valence electrons. The van der Waals surface area contributed by atoms with E-state index in [1.165, 1.54) is 6.07 Å². The maximum Gasteiger partial charge on any atom is 0.143 e. The molecule has 0 heterocycles. The Labute approximate surface area is 101 Å². The van der Waals surface area contributed by atoms with Crippen LogP contribution in [0.25, 0.3) is 0 Å². The molecule has 16 heavy (non-hydrogen) atoms. The molecule has 0 fully saturated rings. The number of hydrogen-bond donors (Lipinski definition) is 1. The molecule has 4 heteroatoms. The van der Waals surface area contributed by atoms with Crippen molar-refractivity contribution in [1.29, 1.82) is 0 Å². The molecule has 0 radical (unpaired) electrons. The minimum atomic E-state index is -0.472. The maximum atomic E-state index is 13.1. The molecule has 2 N–H and O–H groups in total. The minimum Gasteiger partial charge on any atom is -0.397 e. The third kappa shape index (κ3) is 3.01. The van der Waals surface area contributed by atoms with Crippen molar-refractivity contribution in [2.75, 3.05) is 24.2 Å². The summed E-state index contributed by atoms with van der Waals surface area (Å²) in [5.41, 5.74) is 6.98. The Hall–Kier alpha value is -0.960. The predicted octanol–water partition coefficient (Wildman–Crippen LogP) is 3.54. The van der Waals surface area contributed by atoms with Gasteiger partial charge in [-0.05, 0) is 12.0 Å². The van der Waals surface area contributed by atoms with Crippen LogP contribution < -0.4 is 10.6 Å².